The average Bonchev–Trinajstić information content (AvgIpc) is 2.48. The zero-order valence-electron chi connectivity index (χ0n) is 11.7. The van der Waals surface area contributed by atoms with Crippen molar-refractivity contribution in [3.8, 4) is 0 Å². The molecule has 1 atom stereocenters. The highest BCUT2D eigenvalue weighted by atomic mass is 14.8. The maximum atomic E-state index is 3.55. The van der Waals surface area contributed by atoms with Gasteiger partial charge in [0.1, 0.15) is 0 Å². The first-order chi connectivity index (χ1) is 9.45. The minimum atomic E-state index is 0.774. The first kappa shape index (κ1) is 14.1. The fraction of sp³-hybridized carbons (Fsp3) is 0.444. The highest BCUT2D eigenvalue weighted by Gasteiger charge is 2.03. The summed E-state index contributed by atoms with van der Waals surface area (Å²) in [7, 11) is 0. The monoisotopic (exact) mass is 255 g/mol. The maximum absolute atomic E-state index is 3.55. The lowest BCUT2D eigenvalue weighted by Gasteiger charge is -2.12. The van der Waals surface area contributed by atoms with Gasteiger partial charge in [-0.2, -0.15) is 0 Å². The zero-order chi connectivity index (χ0) is 13.2. The highest BCUT2D eigenvalue weighted by Crippen LogP contribution is 2.16. The third-order valence-electron chi connectivity index (χ3n) is 3.66. The normalized spacial score (nSPS) is 17.8. The topological polar surface area (TPSA) is 12.0 Å². The molecule has 1 aromatic carbocycles. The lowest BCUT2D eigenvalue weighted by atomic mass is 9.96. The predicted octanol–water partition coefficient (Wildman–Crippen LogP) is 4.12. The molecule has 1 unspecified atom stereocenters. The molecule has 0 aliphatic heterocycles. The molecule has 0 saturated heterocycles. The van der Waals surface area contributed by atoms with Crippen molar-refractivity contribution in [3.05, 3.63) is 60.2 Å². The van der Waals surface area contributed by atoms with Crippen LogP contribution < -0.4 is 5.32 Å². The van der Waals surface area contributed by atoms with E-state index in [1.165, 1.54) is 37.7 Å². The van der Waals surface area contributed by atoms with Crippen molar-refractivity contribution in [2.24, 2.45) is 5.92 Å². The molecule has 0 amide bonds. The molecule has 1 aromatic rings. The quantitative estimate of drug-likeness (QED) is 0.689. The van der Waals surface area contributed by atoms with Crippen LogP contribution in [-0.4, -0.2) is 13.1 Å². The molecule has 1 N–H and O–H groups in total. The second-order valence-corrected chi connectivity index (χ2v) is 5.29. The molecule has 1 aliphatic carbocycles. The molecule has 0 saturated carbocycles. The van der Waals surface area contributed by atoms with Crippen LogP contribution in [0.15, 0.2) is 54.6 Å². The minimum Gasteiger partial charge on any atom is -0.317 e. The Morgan fingerprint density at radius 1 is 1.00 bits per heavy atom. The van der Waals surface area contributed by atoms with Crippen molar-refractivity contribution in [2.45, 2.75) is 32.1 Å². The highest BCUT2D eigenvalue weighted by molar-refractivity contribution is 5.14. The Bertz CT molecular complexity index is 391. The van der Waals surface area contributed by atoms with Crippen LogP contribution in [0, 0.1) is 5.92 Å². The Balaban J connectivity index is 1.44. The van der Waals surface area contributed by atoms with Crippen LogP contribution in [0.5, 0.6) is 0 Å². The molecule has 102 valence electrons. The van der Waals surface area contributed by atoms with Gasteiger partial charge in [0.2, 0.25) is 0 Å². The van der Waals surface area contributed by atoms with E-state index in [-0.39, 0.29) is 0 Å². The third kappa shape index (κ3) is 5.89. The van der Waals surface area contributed by atoms with Crippen LogP contribution in [0.4, 0.5) is 0 Å². The lowest BCUT2D eigenvalue weighted by Crippen LogP contribution is -2.18. The Morgan fingerprint density at radius 3 is 2.63 bits per heavy atom. The van der Waals surface area contributed by atoms with Crippen LogP contribution in [0.2, 0.25) is 0 Å². The van der Waals surface area contributed by atoms with Gasteiger partial charge >= 0.3 is 0 Å². The van der Waals surface area contributed by atoms with Crippen LogP contribution in [0.3, 0.4) is 0 Å². The predicted molar refractivity (Wildman–Crippen MR) is 83.3 cm³/mol. The number of hydrogen-bond donors (Lipinski definition) is 1. The number of nitrogens with one attached hydrogen (secondary N) is 1. The summed E-state index contributed by atoms with van der Waals surface area (Å²) < 4.78 is 0. The number of aryl methyl sites for hydroxylation is 1. The maximum Gasteiger partial charge on any atom is -0.00457 e. The van der Waals surface area contributed by atoms with Crippen molar-refractivity contribution in [1.82, 2.24) is 5.32 Å². The van der Waals surface area contributed by atoms with E-state index in [1.54, 1.807) is 0 Å². The third-order valence-corrected chi connectivity index (χ3v) is 3.66. The number of allylic oxidation sites excluding steroid dienone is 4. The molecule has 1 heteroatoms. The van der Waals surface area contributed by atoms with E-state index in [4.69, 9.17) is 0 Å². The number of benzene rings is 1. The van der Waals surface area contributed by atoms with Gasteiger partial charge in [-0.15, -0.1) is 0 Å². The fourth-order valence-corrected chi connectivity index (χ4v) is 2.52. The zero-order valence-corrected chi connectivity index (χ0v) is 11.7. The van der Waals surface area contributed by atoms with E-state index in [1.807, 2.05) is 0 Å². The standard InChI is InChI=1S/C18H25N/c1-3-9-17(10-4-1)13-7-15-19-16-8-14-18-11-5-2-6-12-18/h1-6,9-11,18-19H,7-8,12-16H2. The fourth-order valence-electron chi connectivity index (χ4n) is 2.52. The van der Waals surface area contributed by atoms with E-state index in [9.17, 15) is 0 Å². The largest absolute Gasteiger partial charge is 0.317 e. The lowest BCUT2D eigenvalue weighted by molar-refractivity contribution is 0.530. The Kier molecular flexibility index (Phi) is 6.45. The molecule has 0 fully saturated rings. The van der Waals surface area contributed by atoms with Crippen LogP contribution >= 0.6 is 0 Å². The van der Waals surface area contributed by atoms with Gasteiger partial charge < -0.3 is 5.32 Å². The van der Waals surface area contributed by atoms with Crippen LogP contribution in [-0.2, 0) is 6.42 Å². The summed E-state index contributed by atoms with van der Waals surface area (Å²) in [4.78, 5) is 0. The van der Waals surface area contributed by atoms with Crippen molar-refractivity contribution in [1.29, 1.82) is 0 Å². The molecule has 0 aromatic heterocycles. The average molecular weight is 255 g/mol. The molecule has 1 nitrogen and oxygen atoms in total. The second kappa shape index (κ2) is 8.71. The van der Waals surface area contributed by atoms with Crippen molar-refractivity contribution in [3.63, 3.8) is 0 Å². The summed E-state index contributed by atoms with van der Waals surface area (Å²) in [6.45, 7) is 2.29. The summed E-state index contributed by atoms with van der Waals surface area (Å²) in [6, 6.07) is 10.7. The Hall–Kier alpha value is -1.34. The number of rotatable bonds is 8. The molecule has 2 rings (SSSR count). The minimum absolute atomic E-state index is 0.774. The smallest absolute Gasteiger partial charge is 0.00457 e. The van der Waals surface area contributed by atoms with Gasteiger partial charge in [0.15, 0.2) is 0 Å². The molecule has 0 spiro atoms. The van der Waals surface area contributed by atoms with Gasteiger partial charge in [0, 0.05) is 0 Å². The van der Waals surface area contributed by atoms with E-state index in [0.717, 1.165) is 19.0 Å². The van der Waals surface area contributed by atoms with Gasteiger partial charge in [-0.05, 0) is 56.7 Å². The molecule has 1 aliphatic rings. The van der Waals surface area contributed by atoms with E-state index in [0.29, 0.717) is 0 Å². The summed E-state index contributed by atoms with van der Waals surface area (Å²) >= 11 is 0. The molecular weight excluding hydrogens is 230 g/mol. The van der Waals surface area contributed by atoms with E-state index < -0.39 is 0 Å². The van der Waals surface area contributed by atoms with Gasteiger partial charge in [0.25, 0.3) is 0 Å². The summed E-state index contributed by atoms with van der Waals surface area (Å²) in [6.07, 6.45) is 15.2. The SMILES string of the molecule is C1=CCC(CCCNCCCc2ccccc2)C=C1. The van der Waals surface area contributed by atoms with Gasteiger partial charge in [-0.3, -0.25) is 0 Å². The molecule has 0 heterocycles. The summed E-state index contributed by atoms with van der Waals surface area (Å²) in [5.74, 6) is 0.774. The van der Waals surface area contributed by atoms with Crippen LogP contribution in [0.25, 0.3) is 0 Å². The second-order valence-electron chi connectivity index (χ2n) is 5.29. The van der Waals surface area contributed by atoms with Gasteiger partial charge in [0.05, 0.1) is 0 Å². The van der Waals surface area contributed by atoms with E-state index >= 15 is 0 Å². The summed E-state index contributed by atoms with van der Waals surface area (Å²) in [5, 5.41) is 3.55. The molecule has 0 radical (unpaired) electrons. The first-order valence-electron chi connectivity index (χ1n) is 7.53. The van der Waals surface area contributed by atoms with Crippen molar-refractivity contribution < 1.29 is 0 Å². The molecule has 0 bridgehead atoms. The van der Waals surface area contributed by atoms with Crippen LogP contribution in [0.1, 0.15) is 31.2 Å². The first-order valence-corrected chi connectivity index (χ1v) is 7.53. The Labute approximate surface area is 117 Å². The Morgan fingerprint density at radius 2 is 1.84 bits per heavy atom. The van der Waals surface area contributed by atoms with Gasteiger partial charge in [-0.25, -0.2) is 0 Å². The van der Waals surface area contributed by atoms with E-state index in [2.05, 4.69) is 60.0 Å². The molecular formula is C18H25N. The molecule has 19 heavy (non-hydrogen) atoms. The summed E-state index contributed by atoms with van der Waals surface area (Å²) in [5.41, 5.74) is 1.45. The van der Waals surface area contributed by atoms with Crippen molar-refractivity contribution in [2.75, 3.05) is 13.1 Å². The number of hydrogen-bond acceptors (Lipinski definition) is 1. The van der Waals surface area contributed by atoms with Gasteiger partial charge in [-0.1, -0.05) is 54.6 Å². The van der Waals surface area contributed by atoms with Crippen molar-refractivity contribution >= 4 is 0 Å².